The SMILES string of the molecule is O=C(Nc1ccccc1)Nc1nnc(SCc2ccc([N+](=O)[O-])cc2)s1. The lowest BCUT2D eigenvalue weighted by Gasteiger charge is -2.03. The van der Waals surface area contributed by atoms with Crippen molar-refractivity contribution in [2.24, 2.45) is 0 Å². The average molecular weight is 387 g/mol. The molecule has 10 heteroatoms. The number of carbonyl (C=O) groups is 1. The molecule has 2 aromatic carbocycles. The molecule has 0 saturated heterocycles. The van der Waals surface area contributed by atoms with E-state index in [1.165, 1.54) is 35.2 Å². The number of urea groups is 1. The molecule has 132 valence electrons. The van der Waals surface area contributed by atoms with E-state index in [1.807, 2.05) is 18.2 Å². The third kappa shape index (κ3) is 5.01. The monoisotopic (exact) mass is 387 g/mol. The lowest BCUT2D eigenvalue weighted by molar-refractivity contribution is -0.384. The number of non-ortho nitro benzene ring substituents is 1. The maximum Gasteiger partial charge on any atom is 0.325 e. The van der Waals surface area contributed by atoms with Crippen LogP contribution in [0.3, 0.4) is 0 Å². The van der Waals surface area contributed by atoms with Gasteiger partial charge < -0.3 is 5.32 Å². The summed E-state index contributed by atoms with van der Waals surface area (Å²) in [4.78, 5) is 22.1. The van der Waals surface area contributed by atoms with E-state index in [9.17, 15) is 14.9 Å². The van der Waals surface area contributed by atoms with Crippen LogP contribution in [-0.2, 0) is 5.75 Å². The molecule has 1 aromatic heterocycles. The summed E-state index contributed by atoms with van der Waals surface area (Å²) in [5.41, 5.74) is 1.68. The van der Waals surface area contributed by atoms with Crippen molar-refractivity contribution in [2.45, 2.75) is 10.1 Å². The van der Waals surface area contributed by atoms with E-state index in [0.717, 1.165) is 5.56 Å². The predicted molar refractivity (Wildman–Crippen MR) is 102 cm³/mol. The van der Waals surface area contributed by atoms with Crippen LogP contribution in [0.1, 0.15) is 5.56 Å². The van der Waals surface area contributed by atoms with Crippen molar-refractivity contribution >= 4 is 45.6 Å². The van der Waals surface area contributed by atoms with Crippen LogP contribution in [0.25, 0.3) is 0 Å². The van der Waals surface area contributed by atoms with Gasteiger partial charge in [0.25, 0.3) is 5.69 Å². The quantitative estimate of drug-likeness (QED) is 0.281. The standard InChI is InChI=1S/C16H13N5O3S2/c22-14(17-12-4-2-1-3-5-12)18-15-19-20-16(26-15)25-10-11-6-8-13(9-7-11)21(23)24/h1-9H,10H2,(H2,17,18,19,22). The number of nitrogens with one attached hydrogen (secondary N) is 2. The van der Waals surface area contributed by atoms with Crippen LogP contribution < -0.4 is 10.6 Å². The summed E-state index contributed by atoms with van der Waals surface area (Å²) >= 11 is 2.70. The number of rotatable bonds is 6. The molecule has 0 unspecified atom stereocenters. The highest BCUT2D eigenvalue weighted by Crippen LogP contribution is 2.28. The molecular formula is C16H13N5O3S2. The maximum absolute atomic E-state index is 11.9. The first-order chi connectivity index (χ1) is 12.6. The number of hydrogen-bond acceptors (Lipinski definition) is 7. The first kappa shape index (κ1) is 17.8. The second-order valence-corrected chi connectivity index (χ2v) is 7.23. The van der Waals surface area contributed by atoms with E-state index < -0.39 is 4.92 Å². The summed E-state index contributed by atoms with van der Waals surface area (Å²) in [6.45, 7) is 0. The fourth-order valence-corrected chi connectivity index (χ4v) is 3.66. The molecule has 2 amide bonds. The molecule has 0 aliphatic heterocycles. The molecule has 0 saturated carbocycles. The first-order valence-electron chi connectivity index (χ1n) is 7.43. The summed E-state index contributed by atoms with van der Waals surface area (Å²) in [6.07, 6.45) is 0. The topological polar surface area (TPSA) is 110 Å². The van der Waals surface area contributed by atoms with Gasteiger partial charge in [-0.2, -0.15) is 0 Å². The number of hydrogen-bond donors (Lipinski definition) is 2. The van der Waals surface area contributed by atoms with Crippen LogP contribution in [-0.4, -0.2) is 21.2 Å². The number of amides is 2. The second kappa shape index (κ2) is 8.41. The van der Waals surface area contributed by atoms with Crippen LogP contribution in [0.5, 0.6) is 0 Å². The highest BCUT2D eigenvalue weighted by molar-refractivity contribution is 8.00. The minimum Gasteiger partial charge on any atom is -0.308 e. The normalized spacial score (nSPS) is 10.3. The van der Waals surface area contributed by atoms with E-state index in [-0.39, 0.29) is 11.7 Å². The third-order valence-corrected chi connectivity index (χ3v) is 5.21. The van der Waals surface area contributed by atoms with Gasteiger partial charge in [0, 0.05) is 23.6 Å². The summed E-state index contributed by atoms with van der Waals surface area (Å²) in [5, 5.41) is 24.3. The molecule has 0 atom stereocenters. The van der Waals surface area contributed by atoms with Crippen molar-refractivity contribution in [2.75, 3.05) is 10.6 Å². The minimum atomic E-state index is -0.430. The molecule has 0 aliphatic rings. The van der Waals surface area contributed by atoms with E-state index in [4.69, 9.17) is 0 Å². The number of nitro benzene ring substituents is 1. The van der Waals surface area contributed by atoms with Gasteiger partial charge in [-0.25, -0.2) is 4.79 Å². The third-order valence-electron chi connectivity index (χ3n) is 3.17. The van der Waals surface area contributed by atoms with E-state index in [1.54, 1.807) is 24.3 Å². The van der Waals surface area contributed by atoms with Gasteiger partial charge in [-0.15, -0.1) is 10.2 Å². The number of aromatic nitrogens is 2. The largest absolute Gasteiger partial charge is 0.325 e. The van der Waals surface area contributed by atoms with Crippen molar-refractivity contribution in [3.63, 3.8) is 0 Å². The number of nitro groups is 1. The van der Waals surface area contributed by atoms with Gasteiger partial charge in [-0.05, 0) is 17.7 Å². The van der Waals surface area contributed by atoms with E-state index >= 15 is 0 Å². The molecule has 0 radical (unpaired) electrons. The Morgan fingerprint density at radius 3 is 2.50 bits per heavy atom. The smallest absolute Gasteiger partial charge is 0.308 e. The molecule has 26 heavy (non-hydrogen) atoms. The van der Waals surface area contributed by atoms with Gasteiger partial charge in [0.1, 0.15) is 0 Å². The Morgan fingerprint density at radius 1 is 1.08 bits per heavy atom. The molecular weight excluding hydrogens is 374 g/mol. The zero-order valence-corrected chi connectivity index (χ0v) is 14.9. The Morgan fingerprint density at radius 2 is 1.81 bits per heavy atom. The van der Waals surface area contributed by atoms with Crippen molar-refractivity contribution in [3.8, 4) is 0 Å². The van der Waals surface area contributed by atoms with Gasteiger partial charge >= 0.3 is 6.03 Å². The molecule has 0 bridgehead atoms. The van der Waals surface area contributed by atoms with Gasteiger partial charge in [0.05, 0.1) is 4.92 Å². The van der Waals surface area contributed by atoms with Gasteiger partial charge in [0.15, 0.2) is 4.34 Å². The summed E-state index contributed by atoms with van der Waals surface area (Å²) in [6, 6.07) is 15.0. The minimum absolute atomic E-state index is 0.0607. The highest BCUT2D eigenvalue weighted by Gasteiger charge is 2.10. The molecule has 3 rings (SSSR count). The van der Waals surface area contributed by atoms with E-state index in [0.29, 0.717) is 20.9 Å². The van der Waals surface area contributed by atoms with Crippen LogP contribution >= 0.6 is 23.1 Å². The number of carbonyl (C=O) groups excluding carboxylic acids is 1. The number of benzene rings is 2. The fourth-order valence-electron chi connectivity index (χ4n) is 1.96. The zero-order chi connectivity index (χ0) is 18.4. The average Bonchev–Trinajstić information content (AvgIpc) is 3.08. The zero-order valence-electron chi connectivity index (χ0n) is 13.3. The summed E-state index contributed by atoms with van der Waals surface area (Å²) < 4.78 is 0.693. The fraction of sp³-hybridized carbons (Fsp3) is 0.0625. The highest BCUT2D eigenvalue weighted by atomic mass is 32.2. The lowest BCUT2D eigenvalue weighted by atomic mass is 10.2. The molecule has 1 heterocycles. The molecule has 0 fully saturated rings. The van der Waals surface area contributed by atoms with Crippen molar-refractivity contribution < 1.29 is 9.72 Å². The number of para-hydroxylation sites is 1. The molecule has 2 N–H and O–H groups in total. The van der Waals surface area contributed by atoms with Crippen LogP contribution in [0.4, 0.5) is 21.3 Å². The number of nitrogens with zero attached hydrogens (tertiary/aromatic N) is 3. The predicted octanol–water partition coefficient (Wildman–Crippen LogP) is 4.38. The Hall–Kier alpha value is -2.98. The summed E-state index contributed by atoms with van der Waals surface area (Å²) in [5.74, 6) is 0.600. The number of thioether (sulfide) groups is 1. The number of anilines is 2. The Bertz CT molecular complexity index is 900. The van der Waals surface area contributed by atoms with Crippen molar-refractivity contribution in [1.82, 2.24) is 10.2 Å². The lowest BCUT2D eigenvalue weighted by Crippen LogP contribution is -2.19. The van der Waals surface area contributed by atoms with Crippen molar-refractivity contribution in [1.29, 1.82) is 0 Å². The maximum atomic E-state index is 11.9. The summed E-state index contributed by atoms with van der Waals surface area (Å²) in [7, 11) is 0. The van der Waals surface area contributed by atoms with Crippen LogP contribution in [0.2, 0.25) is 0 Å². The van der Waals surface area contributed by atoms with Gasteiger partial charge in [0.2, 0.25) is 5.13 Å². The Kier molecular flexibility index (Phi) is 5.77. The van der Waals surface area contributed by atoms with Crippen LogP contribution in [0, 0.1) is 10.1 Å². The molecule has 3 aromatic rings. The van der Waals surface area contributed by atoms with Crippen molar-refractivity contribution in [3.05, 3.63) is 70.3 Å². The Balaban J connectivity index is 1.51. The second-order valence-electron chi connectivity index (χ2n) is 5.03. The molecule has 0 aliphatic carbocycles. The van der Waals surface area contributed by atoms with Crippen LogP contribution in [0.15, 0.2) is 58.9 Å². The Labute approximate surface area is 156 Å². The first-order valence-corrected chi connectivity index (χ1v) is 9.23. The van der Waals surface area contributed by atoms with E-state index in [2.05, 4.69) is 20.8 Å². The molecule has 0 spiro atoms. The van der Waals surface area contributed by atoms with Gasteiger partial charge in [-0.3, -0.25) is 15.4 Å². The van der Waals surface area contributed by atoms with Gasteiger partial charge in [-0.1, -0.05) is 53.4 Å². The molecule has 8 nitrogen and oxygen atoms in total.